The van der Waals surface area contributed by atoms with E-state index in [0.29, 0.717) is 17.5 Å². The summed E-state index contributed by atoms with van der Waals surface area (Å²) in [6, 6.07) is 3.96. The molecule has 1 amide bonds. The molecule has 0 aliphatic heterocycles. The second kappa shape index (κ2) is 5.07. The highest BCUT2D eigenvalue weighted by molar-refractivity contribution is 5.94. The number of hydrogen-bond acceptors (Lipinski definition) is 3. The van der Waals surface area contributed by atoms with Crippen LogP contribution < -0.4 is 0 Å². The van der Waals surface area contributed by atoms with Gasteiger partial charge >= 0.3 is 0 Å². The lowest BCUT2D eigenvalue weighted by Crippen LogP contribution is -2.36. The molecule has 20 heavy (non-hydrogen) atoms. The Morgan fingerprint density at radius 1 is 1.45 bits per heavy atom. The topological polar surface area (TPSA) is 51.0 Å². The lowest BCUT2D eigenvalue weighted by molar-refractivity contribution is 0.0727. The van der Waals surface area contributed by atoms with Gasteiger partial charge in [0, 0.05) is 31.7 Å². The van der Waals surface area contributed by atoms with E-state index in [1.807, 2.05) is 34.8 Å². The number of imidazole rings is 1. The normalized spacial score (nSPS) is 15.9. The predicted molar refractivity (Wildman–Crippen MR) is 75.6 cm³/mol. The second-order valence-corrected chi connectivity index (χ2v) is 5.37. The third-order valence-electron chi connectivity index (χ3n) is 4.00. The van der Waals surface area contributed by atoms with E-state index in [2.05, 4.69) is 16.9 Å². The molecule has 104 valence electrons. The van der Waals surface area contributed by atoms with Gasteiger partial charge in [0.05, 0.1) is 5.56 Å². The third-order valence-corrected chi connectivity index (χ3v) is 4.00. The van der Waals surface area contributed by atoms with Crippen LogP contribution in [0, 0.1) is 5.92 Å². The number of aromatic nitrogens is 3. The second-order valence-electron chi connectivity index (χ2n) is 5.37. The molecular formula is C15H18N4O. The maximum atomic E-state index is 12.4. The van der Waals surface area contributed by atoms with Gasteiger partial charge in [-0.3, -0.25) is 9.36 Å². The number of carbonyl (C=O) groups excluding carboxylic acids is 1. The van der Waals surface area contributed by atoms with Gasteiger partial charge < -0.3 is 4.90 Å². The van der Waals surface area contributed by atoms with Crippen molar-refractivity contribution in [3.63, 3.8) is 0 Å². The van der Waals surface area contributed by atoms with Crippen molar-refractivity contribution in [2.24, 2.45) is 5.92 Å². The Morgan fingerprint density at radius 3 is 2.80 bits per heavy atom. The summed E-state index contributed by atoms with van der Waals surface area (Å²) >= 11 is 0. The van der Waals surface area contributed by atoms with Crippen LogP contribution in [-0.2, 0) is 0 Å². The maximum absolute atomic E-state index is 12.4. The van der Waals surface area contributed by atoms with Crippen LogP contribution in [0.25, 0.3) is 5.82 Å². The Bertz CT molecular complexity index is 587. The minimum absolute atomic E-state index is 0.0362. The first-order valence-electron chi connectivity index (χ1n) is 6.88. The number of pyridine rings is 1. The van der Waals surface area contributed by atoms with Crippen LogP contribution in [0.4, 0.5) is 0 Å². The SMILES string of the molecule is C[C@@H](C1CC1)N(C)C(=O)c1ccc(-n2ccnc2)nc1. The molecule has 0 radical (unpaired) electrons. The molecule has 1 aliphatic carbocycles. The smallest absolute Gasteiger partial charge is 0.255 e. The van der Waals surface area contributed by atoms with Crippen LogP contribution in [0.1, 0.15) is 30.1 Å². The summed E-state index contributed by atoms with van der Waals surface area (Å²) in [6.45, 7) is 2.11. The molecule has 2 aromatic rings. The van der Waals surface area contributed by atoms with Crippen LogP contribution in [0.3, 0.4) is 0 Å². The lowest BCUT2D eigenvalue weighted by atomic mass is 10.1. The minimum Gasteiger partial charge on any atom is -0.339 e. The molecule has 1 atom stereocenters. The van der Waals surface area contributed by atoms with Gasteiger partial charge in [-0.15, -0.1) is 0 Å². The number of rotatable bonds is 4. The summed E-state index contributed by atoms with van der Waals surface area (Å²) in [5.74, 6) is 1.47. The third kappa shape index (κ3) is 2.43. The van der Waals surface area contributed by atoms with E-state index in [1.54, 1.807) is 18.7 Å². The fourth-order valence-electron chi connectivity index (χ4n) is 2.34. The standard InChI is InChI=1S/C15H18N4O/c1-11(12-3-4-12)18(2)15(20)13-5-6-14(17-9-13)19-8-7-16-10-19/h5-12H,3-4H2,1-2H3/t11-/m0/s1. The summed E-state index contributed by atoms with van der Waals surface area (Å²) < 4.78 is 1.81. The molecular weight excluding hydrogens is 252 g/mol. The molecule has 2 aromatic heterocycles. The zero-order valence-corrected chi connectivity index (χ0v) is 11.7. The molecule has 5 nitrogen and oxygen atoms in total. The Hall–Kier alpha value is -2.17. The van der Waals surface area contributed by atoms with Crippen LogP contribution in [0.5, 0.6) is 0 Å². The molecule has 0 unspecified atom stereocenters. The average molecular weight is 270 g/mol. The molecule has 0 spiro atoms. The number of carbonyl (C=O) groups is 1. The van der Waals surface area contributed by atoms with E-state index in [0.717, 1.165) is 5.82 Å². The molecule has 1 fully saturated rings. The fourth-order valence-corrected chi connectivity index (χ4v) is 2.34. The number of amides is 1. The Labute approximate surface area is 118 Å². The van der Waals surface area contributed by atoms with Crippen molar-refractivity contribution in [1.82, 2.24) is 19.4 Å². The van der Waals surface area contributed by atoms with Gasteiger partial charge in [0.25, 0.3) is 5.91 Å². The highest BCUT2D eigenvalue weighted by Crippen LogP contribution is 2.35. The summed E-state index contributed by atoms with van der Waals surface area (Å²) in [6.07, 6.45) is 9.31. The van der Waals surface area contributed by atoms with Crippen LogP contribution in [0.15, 0.2) is 37.1 Å². The quantitative estimate of drug-likeness (QED) is 0.855. The van der Waals surface area contributed by atoms with E-state index < -0.39 is 0 Å². The van der Waals surface area contributed by atoms with Crippen LogP contribution >= 0.6 is 0 Å². The average Bonchev–Trinajstić information content (AvgIpc) is 3.20. The van der Waals surface area contributed by atoms with Crippen molar-refractivity contribution in [1.29, 1.82) is 0 Å². The van der Waals surface area contributed by atoms with Gasteiger partial charge in [-0.05, 0) is 37.8 Å². The zero-order chi connectivity index (χ0) is 14.1. The van der Waals surface area contributed by atoms with Crippen molar-refractivity contribution in [3.05, 3.63) is 42.6 Å². The van der Waals surface area contributed by atoms with Gasteiger partial charge in [0.2, 0.25) is 0 Å². The van der Waals surface area contributed by atoms with Crippen molar-refractivity contribution in [3.8, 4) is 5.82 Å². The lowest BCUT2D eigenvalue weighted by Gasteiger charge is -2.24. The molecule has 0 N–H and O–H groups in total. The summed E-state index contributed by atoms with van der Waals surface area (Å²) in [5, 5.41) is 0. The van der Waals surface area contributed by atoms with E-state index in [9.17, 15) is 4.79 Å². The molecule has 0 aromatic carbocycles. The minimum atomic E-state index is 0.0362. The summed E-state index contributed by atoms with van der Waals surface area (Å²) in [4.78, 5) is 22.5. The highest BCUT2D eigenvalue weighted by atomic mass is 16.2. The van der Waals surface area contributed by atoms with Gasteiger partial charge in [-0.25, -0.2) is 9.97 Å². The van der Waals surface area contributed by atoms with Crippen molar-refractivity contribution < 1.29 is 4.79 Å². The molecule has 2 heterocycles. The molecule has 0 bridgehead atoms. The van der Waals surface area contributed by atoms with E-state index in [-0.39, 0.29) is 5.91 Å². The molecule has 5 heteroatoms. The predicted octanol–water partition coefficient (Wildman–Crippen LogP) is 2.14. The molecule has 3 rings (SSSR count). The van der Waals surface area contributed by atoms with Gasteiger partial charge in [-0.2, -0.15) is 0 Å². The van der Waals surface area contributed by atoms with Gasteiger partial charge in [-0.1, -0.05) is 0 Å². The first-order chi connectivity index (χ1) is 9.66. The van der Waals surface area contributed by atoms with Gasteiger partial charge in [0.15, 0.2) is 0 Å². The van der Waals surface area contributed by atoms with Crippen molar-refractivity contribution in [2.45, 2.75) is 25.8 Å². The first-order valence-corrected chi connectivity index (χ1v) is 6.88. The largest absolute Gasteiger partial charge is 0.339 e. The van der Waals surface area contributed by atoms with Crippen LogP contribution in [0.2, 0.25) is 0 Å². The fraction of sp³-hybridized carbons (Fsp3) is 0.400. The summed E-state index contributed by atoms with van der Waals surface area (Å²) in [7, 11) is 1.87. The molecule has 0 saturated heterocycles. The highest BCUT2D eigenvalue weighted by Gasteiger charge is 2.32. The Morgan fingerprint density at radius 2 is 2.25 bits per heavy atom. The Kier molecular flexibility index (Phi) is 3.26. The van der Waals surface area contributed by atoms with Gasteiger partial charge in [0.1, 0.15) is 12.1 Å². The van der Waals surface area contributed by atoms with Crippen LogP contribution in [-0.4, -0.2) is 38.4 Å². The monoisotopic (exact) mass is 270 g/mol. The number of hydrogen-bond donors (Lipinski definition) is 0. The first kappa shape index (κ1) is 12.8. The van der Waals surface area contributed by atoms with E-state index in [4.69, 9.17) is 0 Å². The molecule has 1 aliphatic rings. The number of nitrogens with zero attached hydrogens (tertiary/aromatic N) is 4. The van der Waals surface area contributed by atoms with Crippen molar-refractivity contribution in [2.75, 3.05) is 7.05 Å². The summed E-state index contributed by atoms with van der Waals surface area (Å²) in [5.41, 5.74) is 0.629. The van der Waals surface area contributed by atoms with Crippen molar-refractivity contribution >= 4 is 5.91 Å². The maximum Gasteiger partial charge on any atom is 0.255 e. The molecule has 1 saturated carbocycles. The van der Waals surface area contributed by atoms with E-state index >= 15 is 0 Å². The zero-order valence-electron chi connectivity index (χ0n) is 11.7. The Balaban J connectivity index is 1.75. The van der Waals surface area contributed by atoms with E-state index in [1.165, 1.54) is 12.8 Å².